The molecule has 1 aliphatic heterocycles. The molecule has 1 saturated heterocycles. The Labute approximate surface area is 100 Å². The maximum atomic E-state index is 11.6. The van der Waals surface area contributed by atoms with Crippen molar-refractivity contribution in [2.24, 2.45) is 5.73 Å². The van der Waals surface area contributed by atoms with Gasteiger partial charge < -0.3 is 5.73 Å². The number of hydroxylamine groups is 1. The molecule has 0 unspecified atom stereocenters. The molecule has 0 spiro atoms. The van der Waals surface area contributed by atoms with Crippen molar-refractivity contribution in [3.8, 4) is 0 Å². The van der Waals surface area contributed by atoms with Gasteiger partial charge in [0.05, 0.1) is 18.7 Å². The SMILES string of the molecule is NC1(c2cccc(N3OCCC3=O)c2)CCC1. The predicted octanol–water partition coefficient (Wildman–Crippen LogP) is 1.69. The lowest BCUT2D eigenvalue weighted by atomic mass is 9.73. The second-order valence-electron chi connectivity index (χ2n) is 4.83. The fourth-order valence-corrected chi connectivity index (χ4v) is 2.40. The average Bonchev–Trinajstić information content (AvgIpc) is 2.72. The van der Waals surface area contributed by atoms with E-state index in [1.165, 1.54) is 11.5 Å². The summed E-state index contributed by atoms with van der Waals surface area (Å²) in [7, 11) is 0. The fourth-order valence-electron chi connectivity index (χ4n) is 2.40. The van der Waals surface area contributed by atoms with Crippen molar-refractivity contribution in [3.05, 3.63) is 29.8 Å². The second kappa shape index (κ2) is 3.82. The van der Waals surface area contributed by atoms with Crippen LogP contribution in [0.25, 0.3) is 0 Å². The summed E-state index contributed by atoms with van der Waals surface area (Å²) in [5, 5.41) is 1.38. The molecule has 0 bridgehead atoms. The van der Waals surface area contributed by atoms with Gasteiger partial charge in [0.25, 0.3) is 5.91 Å². The lowest BCUT2D eigenvalue weighted by Crippen LogP contribution is -2.43. The zero-order chi connectivity index (χ0) is 11.9. The Morgan fingerprint density at radius 1 is 1.35 bits per heavy atom. The molecular weight excluding hydrogens is 216 g/mol. The topological polar surface area (TPSA) is 55.6 Å². The van der Waals surface area contributed by atoms with Gasteiger partial charge in [-0.05, 0) is 37.0 Å². The highest BCUT2D eigenvalue weighted by Crippen LogP contribution is 2.39. The first-order valence-corrected chi connectivity index (χ1v) is 6.04. The minimum absolute atomic E-state index is 0.0156. The van der Waals surface area contributed by atoms with Crippen LogP contribution in [0.15, 0.2) is 24.3 Å². The van der Waals surface area contributed by atoms with Crippen LogP contribution in [-0.4, -0.2) is 12.5 Å². The number of rotatable bonds is 2. The number of nitrogens with two attached hydrogens (primary N) is 1. The Morgan fingerprint density at radius 2 is 2.18 bits per heavy atom. The molecule has 1 aliphatic carbocycles. The van der Waals surface area contributed by atoms with Gasteiger partial charge in [0, 0.05) is 5.54 Å². The molecule has 0 aromatic heterocycles. The number of anilines is 1. The minimum Gasteiger partial charge on any atom is -0.321 e. The number of hydrogen-bond donors (Lipinski definition) is 1. The maximum Gasteiger partial charge on any atom is 0.253 e. The van der Waals surface area contributed by atoms with E-state index < -0.39 is 0 Å². The monoisotopic (exact) mass is 232 g/mol. The van der Waals surface area contributed by atoms with E-state index in [-0.39, 0.29) is 11.4 Å². The van der Waals surface area contributed by atoms with E-state index in [2.05, 4.69) is 0 Å². The first-order valence-electron chi connectivity index (χ1n) is 6.04. The molecule has 3 rings (SSSR count). The van der Waals surface area contributed by atoms with Gasteiger partial charge in [-0.25, -0.2) is 0 Å². The van der Waals surface area contributed by atoms with E-state index in [1.54, 1.807) is 0 Å². The Kier molecular flexibility index (Phi) is 2.42. The van der Waals surface area contributed by atoms with Crippen molar-refractivity contribution in [1.29, 1.82) is 0 Å². The Morgan fingerprint density at radius 3 is 2.76 bits per heavy atom. The Hall–Kier alpha value is -1.39. The van der Waals surface area contributed by atoms with Crippen LogP contribution in [0, 0.1) is 0 Å². The summed E-state index contributed by atoms with van der Waals surface area (Å²) in [5.74, 6) is 0.0156. The molecule has 4 nitrogen and oxygen atoms in total. The summed E-state index contributed by atoms with van der Waals surface area (Å²) in [6, 6.07) is 7.83. The third kappa shape index (κ3) is 1.73. The van der Waals surface area contributed by atoms with Crippen LogP contribution in [0.4, 0.5) is 5.69 Å². The summed E-state index contributed by atoms with van der Waals surface area (Å²) in [4.78, 5) is 16.9. The fraction of sp³-hybridized carbons (Fsp3) is 0.462. The van der Waals surface area contributed by atoms with Crippen LogP contribution < -0.4 is 10.8 Å². The first kappa shape index (κ1) is 10.7. The van der Waals surface area contributed by atoms with Crippen LogP contribution in [-0.2, 0) is 15.2 Å². The van der Waals surface area contributed by atoms with Crippen LogP contribution in [0.2, 0.25) is 0 Å². The van der Waals surface area contributed by atoms with Gasteiger partial charge >= 0.3 is 0 Å². The molecule has 1 amide bonds. The normalized spacial score (nSPS) is 22.6. The number of carbonyl (C=O) groups is 1. The zero-order valence-electron chi connectivity index (χ0n) is 9.69. The van der Waals surface area contributed by atoms with Crippen molar-refractivity contribution < 1.29 is 9.63 Å². The van der Waals surface area contributed by atoms with E-state index in [0.29, 0.717) is 13.0 Å². The van der Waals surface area contributed by atoms with Crippen LogP contribution >= 0.6 is 0 Å². The van der Waals surface area contributed by atoms with Gasteiger partial charge in [-0.3, -0.25) is 9.63 Å². The second-order valence-corrected chi connectivity index (χ2v) is 4.83. The molecule has 17 heavy (non-hydrogen) atoms. The predicted molar refractivity (Wildman–Crippen MR) is 64.2 cm³/mol. The van der Waals surface area contributed by atoms with E-state index >= 15 is 0 Å². The molecule has 2 N–H and O–H groups in total. The minimum atomic E-state index is -0.196. The van der Waals surface area contributed by atoms with E-state index in [0.717, 1.165) is 24.1 Å². The van der Waals surface area contributed by atoms with Gasteiger partial charge in [-0.2, -0.15) is 5.06 Å². The van der Waals surface area contributed by atoms with Gasteiger partial charge in [-0.15, -0.1) is 0 Å². The molecule has 4 heteroatoms. The van der Waals surface area contributed by atoms with Gasteiger partial charge in [0.15, 0.2) is 0 Å². The smallest absolute Gasteiger partial charge is 0.253 e. The molecule has 0 atom stereocenters. The summed E-state index contributed by atoms with van der Waals surface area (Å²) in [6.45, 7) is 0.469. The van der Waals surface area contributed by atoms with Gasteiger partial charge in [0.2, 0.25) is 0 Å². The van der Waals surface area contributed by atoms with Crippen LogP contribution in [0.5, 0.6) is 0 Å². The standard InChI is InChI=1S/C13H16N2O2/c14-13(6-2-7-13)10-3-1-4-11(9-10)15-12(16)5-8-17-15/h1,3-4,9H,2,5-8,14H2. The lowest BCUT2D eigenvalue weighted by molar-refractivity contribution is -0.119. The summed E-state index contributed by atoms with van der Waals surface area (Å²) in [5.41, 5.74) is 7.98. The first-order chi connectivity index (χ1) is 8.19. The molecular formula is C13H16N2O2. The molecule has 2 aliphatic rings. The van der Waals surface area contributed by atoms with Crippen molar-refractivity contribution in [3.63, 3.8) is 0 Å². The van der Waals surface area contributed by atoms with Crippen LogP contribution in [0.3, 0.4) is 0 Å². The quantitative estimate of drug-likeness (QED) is 0.844. The molecule has 2 fully saturated rings. The summed E-state index contributed by atoms with van der Waals surface area (Å²) < 4.78 is 0. The third-order valence-electron chi connectivity index (χ3n) is 3.66. The van der Waals surface area contributed by atoms with Crippen molar-refractivity contribution in [2.45, 2.75) is 31.2 Å². The Bertz CT molecular complexity index is 454. The molecule has 1 aromatic carbocycles. The highest BCUT2D eigenvalue weighted by molar-refractivity contribution is 5.92. The van der Waals surface area contributed by atoms with E-state index in [9.17, 15) is 4.79 Å². The van der Waals surface area contributed by atoms with Crippen molar-refractivity contribution >= 4 is 11.6 Å². The van der Waals surface area contributed by atoms with Gasteiger partial charge in [-0.1, -0.05) is 12.1 Å². The zero-order valence-corrected chi connectivity index (χ0v) is 9.69. The molecule has 1 saturated carbocycles. The number of nitrogens with zero attached hydrogens (tertiary/aromatic N) is 1. The summed E-state index contributed by atoms with van der Waals surface area (Å²) in [6.07, 6.45) is 3.67. The molecule has 90 valence electrons. The van der Waals surface area contributed by atoms with E-state index in [4.69, 9.17) is 10.6 Å². The number of hydrogen-bond acceptors (Lipinski definition) is 3. The number of benzene rings is 1. The molecule has 1 aromatic rings. The van der Waals surface area contributed by atoms with Gasteiger partial charge in [0.1, 0.15) is 0 Å². The van der Waals surface area contributed by atoms with E-state index in [1.807, 2.05) is 24.3 Å². The largest absolute Gasteiger partial charge is 0.321 e. The highest BCUT2D eigenvalue weighted by atomic mass is 16.7. The van der Waals surface area contributed by atoms with Crippen LogP contribution in [0.1, 0.15) is 31.2 Å². The average molecular weight is 232 g/mol. The lowest BCUT2D eigenvalue weighted by Gasteiger charge is -2.39. The molecule has 1 heterocycles. The van der Waals surface area contributed by atoms with Crippen molar-refractivity contribution in [2.75, 3.05) is 11.7 Å². The maximum absolute atomic E-state index is 11.6. The molecule has 0 radical (unpaired) electrons. The highest BCUT2D eigenvalue weighted by Gasteiger charge is 2.35. The summed E-state index contributed by atoms with van der Waals surface area (Å²) >= 11 is 0. The third-order valence-corrected chi connectivity index (χ3v) is 3.66. The van der Waals surface area contributed by atoms with Crippen molar-refractivity contribution in [1.82, 2.24) is 0 Å². The number of amides is 1. The Balaban J connectivity index is 1.91. The number of carbonyl (C=O) groups excluding carboxylic acids is 1.